The van der Waals surface area contributed by atoms with E-state index >= 15 is 33.6 Å². The van der Waals surface area contributed by atoms with E-state index in [2.05, 4.69) is 16.0 Å². The number of hydrogen-bond donors (Lipinski definition) is 3. The maximum atomic E-state index is 16.0. The minimum atomic E-state index is -4.76. The molecule has 25 nitrogen and oxygen atoms in total. The van der Waals surface area contributed by atoms with Gasteiger partial charge < -0.3 is 64.8 Å². The number of likely N-dealkylation sites (N-methyl/N-ethyl adjacent to an activating group) is 7. The first-order chi connectivity index (χ1) is 48.8. The second-order valence-corrected chi connectivity index (χ2v) is 31.4. The minimum absolute atomic E-state index is 0.0195. The van der Waals surface area contributed by atoms with Crippen LogP contribution in [0.2, 0.25) is 5.02 Å². The van der Waals surface area contributed by atoms with Crippen LogP contribution in [0.15, 0.2) is 18.2 Å². The van der Waals surface area contributed by atoms with Crippen molar-refractivity contribution in [3.05, 3.63) is 34.3 Å². The number of carbonyl (C=O) groups is 12. The molecule has 2 bridgehead atoms. The third-order valence-corrected chi connectivity index (χ3v) is 24.3. The van der Waals surface area contributed by atoms with E-state index in [0.29, 0.717) is 69.8 Å². The van der Waals surface area contributed by atoms with Gasteiger partial charge in [0, 0.05) is 55.9 Å². The average molecular weight is 1470 g/mol. The molecule has 1 aromatic carbocycles. The number of benzene rings is 1. The number of nitrogens with one attached hydrogen (secondary N) is 3. The van der Waals surface area contributed by atoms with Crippen LogP contribution in [0.25, 0.3) is 0 Å². The lowest BCUT2D eigenvalue weighted by Crippen LogP contribution is -2.65. The third kappa shape index (κ3) is 18.6. The summed E-state index contributed by atoms with van der Waals surface area (Å²) in [7, 11) is 10.1. The zero-order chi connectivity index (χ0) is 74.9. The molecule has 103 heavy (non-hydrogen) atoms. The van der Waals surface area contributed by atoms with Crippen molar-refractivity contribution in [2.45, 2.75) is 247 Å². The van der Waals surface area contributed by atoms with Crippen molar-refractivity contribution in [2.24, 2.45) is 23.7 Å². The lowest BCUT2D eigenvalue weighted by atomic mass is 9.78. The molecule has 3 unspecified atom stereocenters. The molecule has 4 saturated carbocycles. The number of rotatable bonds is 10. The molecule has 4 heterocycles. The van der Waals surface area contributed by atoms with Crippen molar-refractivity contribution >= 4 is 82.5 Å². The molecule has 10 atom stereocenters. The van der Waals surface area contributed by atoms with Crippen LogP contribution in [0.3, 0.4) is 0 Å². The van der Waals surface area contributed by atoms with Gasteiger partial charge in [-0.2, -0.15) is 13.2 Å². The molecule has 12 amide bonds. The Labute approximate surface area is 609 Å². The summed E-state index contributed by atoms with van der Waals surface area (Å²) in [5.74, 6) is -8.79. The molecular weight excluding hydrogens is 1360 g/mol. The van der Waals surface area contributed by atoms with Crippen LogP contribution in [-0.4, -0.2) is 264 Å². The van der Waals surface area contributed by atoms with Crippen LogP contribution in [0.1, 0.15) is 185 Å². The fourth-order valence-corrected chi connectivity index (χ4v) is 17.5. The summed E-state index contributed by atoms with van der Waals surface area (Å²) in [4.78, 5) is 193. The van der Waals surface area contributed by atoms with Crippen LogP contribution in [0, 0.1) is 23.7 Å². The molecule has 0 aromatic heterocycles. The Morgan fingerprint density at radius 3 is 1.83 bits per heavy atom. The number of hydrogen-bond acceptors (Lipinski definition) is 13. The molecule has 4 aliphatic carbocycles. The van der Waals surface area contributed by atoms with E-state index in [1.165, 1.54) is 84.8 Å². The predicted molar refractivity (Wildman–Crippen MR) is 376 cm³/mol. The highest BCUT2D eigenvalue weighted by molar-refractivity contribution is 6.31. The van der Waals surface area contributed by atoms with Crippen molar-refractivity contribution in [2.75, 3.05) is 88.7 Å². The van der Waals surface area contributed by atoms with Crippen molar-refractivity contribution in [1.29, 1.82) is 0 Å². The molecular formula is C74H110ClF3N12O13. The van der Waals surface area contributed by atoms with Gasteiger partial charge in [-0.05, 0) is 125 Å². The Morgan fingerprint density at radius 2 is 1.22 bits per heavy atom. The summed E-state index contributed by atoms with van der Waals surface area (Å²) < 4.78 is 47.6. The zero-order valence-corrected chi connectivity index (χ0v) is 62.5. The molecule has 0 radical (unpaired) electrons. The van der Waals surface area contributed by atoms with Gasteiger partial charge in [0.2, 0.25) is 70.9 Å². The largest absolute Gasteiger partial charge is 0.417 e. The maximum absolute atomic E-state index is 16.0. The van der Waals surface area contributed by atoms with Crippen molar-refractivity contribution in [1.82, 2.24) is 60.0 Å². The molecule has 4 aliphatic heterocycles. The monoisotopic (exact) mass is 1470 g/mol. The normalized spacial score (nSPS) is 29.2. The molecule has 9 rings (SSSR count). The number of aryl methyl sites for hydroxylation is 1. The summed E-state index contributed by atoms with van der Waals surface area (Å²) in [6.07, 6.45) is 7.87. The van der Waals surface area contributed by atoms with E-state index in [1.54, 1.807) is 11.8 Å². The fourth-order valence-electron chi connectivity index (χ4n) is 17.2. The summed E-state index contributed by atoms with van der Waals surface area (Å²) in [6.45, 7) is 2.50. The number of nitrogens with zero attached hydrogens (tertiary/aromatic N) is 9. The van der Waals surface area contributed by atoms with E-state index in [4.69, 9.17) is 16.3 Å². The lowest BCUT2D eigenvalue weighted by molar-refractivity contribution is -0.160. The second-order valence-electron chi connectivity index (χ2n) is 30.9. The first-order valence-electron chi connectivity index (χ1n) is 37.6. The molecule has 29 heteroatoms. The standard InChI is InChI=1S/C74H110ClF3N12O13/c1-10-45(2)62-70(100)84(5)41-60(93)82(3)42-61(94)85(6)56(38-46-21-13-11-14-22-46)68(98)83(4)40-58(91)79-54(33-29-47-28-32-52(53(75)37-47)74(76,77)78)67(97)89-36-20-27-55(89)65(95)81-73(34-17-18-35-73)72(102)88(9)64(49-23-15-12-16-24-49)71(101)86(7)57(69(99)90-50-30-31-51(90)44-103-43-50)39-59(92)87(8)63(66(96)80-62)48-25-19-26-48/h28,32,37,45-46,48-51,54-57,62-64H,10-27,29-31,33-36,38-44H2,1-9H3,(H,79,91)(H,80,96)(H,81,95)/t45-,50?,51?,54-,55?,56-,57-,62-,63-,64-/m0/s1. The van der Waals surface area contributed by atoms with Crippen LogP contribution in [-0.2, 0) is 74.9 Å². The van der Waals surface area contributed by atoms with Crippen LogP contribution < -0.4 is 16.0 Å². The average Bonchev–Trinajstić information content (AvgIpc) is 1.75. The third-order valence-electron chi connectivity index (χ3n) is 24.0. The Morgan fingerprint density at radius 1 is 0.621 bits per heavy atom. The van der Waals surface area contributed by atoms with E-state index in [9.17, 15) is 37.1 Å². The summed E-state index contributed by atoms with van der Waals surface area (Å²) in [6, 6.07) is -6.17. The molecule has 1 spiro atoms. The summed E-state index contributed by atoms with van der Waals surface area (Å²) in [5, 5.41) is 8.26. The van der Waals surface area contributed by atoms with Gasteiger partial charge in [0.25, 0.3) is 0 Å². The summed E-state index contributed by atoms with van der Waals surface area (Å²) >= 11 is 6.17. The number of halogens is 4. The van der Waals surface area contributed by atoms with Gasteiger partial charge in [0.15, 0.2) is 0 Å². The molecule has 8 fully saturated rings. The zero-order valence-electron chi connectivity index (χ0n) is 61.7. The van der Waals surface area contributed by atoms with Gasteiger partial charge in [-0.3, -0.25) is 57.5 Å². The van der Waals surface area contributed by atoms with Gasteiger partial charge in [-0.1, -0.05) is 109 Å². The van der Waals surface area contributed by atoms with Crippen molar-refractivity contribution < 1.29 is 75.4 Å². The molecule has 4 saturated heterocycles. The predicted octanol–water partition coefficient (Wildman–Crippen LogP) is 5.55. The first-order valence-corrected chi connectivity index (χ1v) is 38.0. The Hall–Kier alpha value is -7.10. The molecule has 572 valence electrons. The van der Waals surface area contributed by atoms with Gasteiger partial charge >= 0.3 is 6.18 Å². The molecule has 1 aromatic rings. The number of carbonyl (C=O) groups excluding carboxylic acids is 12. The fraction of sp³-hybridized carbons (Fsp3) is 0.757. The highest BCUT2D eigenvalue weighted by atomic mass is 35.5. The number of alkyl halides is 3. The minimum Gasteiger partial charge on any atom is -0.377 e. The Kier molecular flexibility index (Phi) is 27.1. The van der Waals surface area contributed by atoms with Crippen molar-refractivity contribution in [3.63, 3.8) is 0 Å². The van der Waals surface area contributed by atoms with E-state index in [1.807, 2.05) is 6.92 Å². The van der Waals surface area contributed by atoms with Crippen molar-refractivity contribution in [3.8, 4) is 0 Å². The Bertz CT molecular complexity index is 3270. The van der Waals surface area contributed by atoms with Gasteiger partial charge in [0.05, 0.1) is 61.9 Å². The van der Waals surface area contributed by atoms with Gasteiger partial charge in [0.1, 0.15) is 47.8 Å². The van der Waals surface area contributed by atoms with E-state index in [-0.39, 0.29) is 82.2 Å². The van der Waals surface area contributed by atoms with Crippen LogP contribution in [0.4, 0.5) is 13.2 Å². The highest BCUT2D eigenvalue weighted by Gasteiger charge is 2.53. The smallest absolute Gasteiger partial charge is 0.377 e. The second kappa shape index (κ2) is 34.9. The van der Waals surface area contributed by atoms with Crippen LogP contribution in [0.5, 0.6) is 0 Å². The maximum Gasteiger partial charge on any atom is 0.417 e. The summed E-state index contributed by atoms with van der Waals surface area (Å²) in [5.41, 5.74) is -2.35. The number of amides is 12. The molecule has 3 N–H and O–H groups in total. The number of ether oxygens (including phenoxy) is 1. The highest BCUT2D eigenvalue weighted by Crippen LogP contribution is 2.40. The first kappa shape index (κ1) is 80.0. The van der Waals surface area contributed by atoms with E-state index < -0.39 is 173 Å². The topological polar surface area (TPSA) is 279 Å². The molecule has 8 aliphatic rings. The number of morpholine rings is 1. The SMILES string of the molecule is CC[C@H](C)[C@@H]1NC(=O)[C@H](C2CCC2)N(C)C(=O)C[C@@H](C(=O)N2C3CCC2COC3)N(C)C(=O)[C@H](C2CCCCC2)N(C)C(=O)C2(CCCC2)NC(=O)C2CCCN2C(=O)[C@H](CCc2ccc(C(F)(F)F)c(Cl)c2)NC(=O)CN(C)C(=O)[C@H](CC2CCCCC2)N(C)C(=O)CN(C)C(=O)CN(C)C1=O. The Balaban J connectivity index is 1.08. The van der Waals surface area contributed by atoms with Gasteiger partial charge in [-0.15, -0.1) is 0 Å². The number of fused-ring (bicyclic) bond motifs is 3. The van der Waals surface area contributed by atoms with Gasteiger partial charge in [-0.25, -0.2) is 0 Å². The van der Waals surface area contributed by atoms with Crippen LogP contribution >= 0.6 is 11.6 Å². The van der Waals surface area contributed by atoms with E-state index in [0.717, 1.165) is 79.7 Å². The lowest BCUT2D eigenvalue weighted by Gasteiger charge is -2.44. The quantitative estimate of drug-likeness (QED) is 0.259.